The van der Waals surface area contributed by atoms with Gasteiger partial charge in [-0.3, -0.25) is 4.79 Å². The second-order valence-corrected chi connectivity index (χ2v) is 7.05. The van der Waals surface area contributed by atoms with Gasteiger partial charge in [-0.2, -0.15) is 4.98 Å². The molecule has 9 nitrogen and oxygen atoms in total. The molecular formula is C26H27N3O6. The zero-order valence-corrected chi connectivity index (χ0v) is 20.2. The minimum absolute atomic E-state index is 0.0882. The van der Waals surface area contributed by atoms with Gasteiger partial charge >= 0.3 is 5.97 Å². The maximum absolute atomic E-state index is 12.7. The third kappa shape index (κ3) is 5.94. The van der Waals surface area contributed by atoms with Crippen LogP contribution in [0.15, 0.2) is 59.1 Å². The summed E-state index contributed by atoms with van der Waals surface area (Å²) in [5, 5.41) is 2.82. The quantitative estimate of drug-likeness (QED) is 0.374. The van der Waals surface area contributed by atoms with Gasteiger partial charge in [0.1, 0.15) is 0 Å². The Hall–Kier alpha value is -4.40. The average Bonchev–Trinajstić information content (AvgIpc) is 3.33. The molecule has 0 fully saturated rings. The molecule has 0 unspecified atom stereocenters. The molecule has 2 heterocycles. The summed E-state index contributed by atoms with van der Waals surface area (Å²) in [6.07, 6.45) is 1.70. The summed E-state index contributed by atoms with van der Waals surface area (Å²) < 4.78 is 21.1. The van der Waals surface area contributed by atoms with Crippen molar-refractivity contribution in [1.82, 2.24) is 9.97 Å². The highest BCUT2D eigenvalue weighted by atomic mass is 16.5. The Kier molecular flexibility index (Phi) is 8.39. The van der Waals surface area contributed by atoms with Gasteiger partial charge in [-0.15, -0.1) is 0 Å². The topological polar surface area (TPSA) is 113 Å². The first-order valence-electron chi connectivity index (χ1n) is 11.0. The van der Waals surface area contributed by atoms with Crippen molar-refractivity contribution in [3.63, 3.8) is 0 Å². The molecule has 0 aliphatic rings. The van der Waals surface area contributed by atoms with Gasteiger partial charge < -0.3 is 23.9 Å². The normalized spacial score (nSPS) is 10.2. The Morgan fingerprint density at radius 1 is 0.971 bits per heavy atom. The first-order chi connectivity index (χ1) is 17.0. The molecule has 9 heteroatoms. The van der Waals surface area contributed by atoms with Crippen molar-refractivity contribution in [2.45, 2.75) is 20.3 Å². The van der Waals surface area contributed by atoms with Crippen LogP contribution >= 0.6 is 0 Å². The summed E-state index contributed by atoms with van der Waals surface area (Å²) in [4.78, 5) is 33.5. The number of carbonyl (C=O) groups excluding carboxylic acids is 2. The van der Waals surface area contributed by atoms with Crippen LogP contribution in [-0.2, 0) is 16.0 Å². The van der Waals surface area contributed by atoms with Gasteiger partial charge in [-0.05, 0) is 48.0 Å². The Morgan fingerprint density at radius 2 is 1.74 bits per heavy atom. The van der Waals surface area contributed by atoms with Crippen LogP contribution in [0.25, 0.3) is 22.7 Å². The van der Waals surface area contributed by atoms with E-state index in [2.05, 4.69) is 15.3 Å². The van der Waals surface area contributed by atoms with Crippen molar-refractivity contribution in [3.8, 4) is 23.0 Å². The molecule has 0 atom stereocenters. The molecule has 0 aliphatic heterocycles. The van der Waals surface area contributed by atoms with Gasteiger partial charge in [0.05, 0.1) is 33.3 Å². The van der Waals surface area contributed by atoms with E-state index in [1.807, 2.05) is 13.8 Å². The van der Waals surface area contributed by atoms with E-state index in [0.29, 0.717) is 34.0 Å². The summed E-state index contributed by atoms with van der Waals surface area (Å²) in [6.45, 7) is 4.00. The van der Waals surface area contributed by atoms with E-state index in [1.165, 1.54) is 20.3 Å². The minimum Gasteiger partial charge on any atom is -0.493 e. The fourth-order valence-electron chi connectivity index (χ4n) is 3.33. The number of carbonyl (C=O) groups is 2. The van der Waals surface area contributed by atoms with E-state index in [4.69, 9.17) is 18.6 Å². The lowest BCUT2D eigenvalue weighted by atomic mass is 10.1. The first kappa shape index (κ1) is 25.2. The standard InChI is InChI=1S/C24H21N3O6.C2H6/c1-30-18-7-6-14(9-20(18)31-2)10-21(28)26-17-12-15(11-16(13-17)24(29)32-3)23-27-22-19(33-23)5-4-8-25-22;1-2/h4-9,11-13H,10H2,1-3H3,(H,26,28);1-2H3. The third-order valence-corrected chi connectivity index (χ3v) is 4.86. The molecule has 0 radical (unpaired) electrons. The van der Waals surface area contributed by atoms with Crippen LogP contribution < -0.4 is 14.8 Å². The zero-order chi connectivity index (χ0) is 25.4. The highest BCUT2D eigenvalue weighted by molar-refractivity contribution is 5.97. The second kappa shape index (κ2) is 11.6. The van der Waals surface area contributed by atoms with Crippen molar-refractivity contribution >= 4 is 28.8 Å². The van der Waals surface area contributed by atoms with Gasteiger partial charge in [-0.25, -0.2) is 9.78 Å². The summed E-state index contributed by atoms with van der Waals surface area (Å²) >= 11 is 0. The minimum atomic E-state index is -0.554. The second-order valence-electron chi connectivity index (χ2n) is 7.05. The van der Waals surface area contributed by atoms with E-state index in [1.54, 1.807) is 55.8 Å². The van der Waals surface area contributed by atoms with Crippen LogP contribution in [0.5, 0.6) is 11.5 Å². The highest BCUT2D eigenvalue weighted by Crippen LogP contribution is 2.29. The van der Waals surface area contributed by atoms with Crippen molar-refractivity contribution in [2.75, 3.05) is 26.6 Å². The highest BCUT2D eigenvalue weighted by Gasteiger charge is 2.16. The van der Waals surface area contributed by atoms with E-state index in [0.717, 1.165) is 5.56 Å². The summed E-state index contributed by atoms with van der Waals surface area (Å²) in [5.74, 6) is 0.535. The number of oxazole rings is 1. The largest absolute Gasteiger partial charge is 0.493 e. The van der Waals surface area contributed by atoms with Crippen molar-refractivity contribution in [2.24, 2.45) is 0 Å². The number of benzene rings is 2. The summed E-state index contributed by atoms with van der Waals surface area (Å²) in [5.41, 5.74) is 2.82. The zero-order valence-electron chi connectivity index (χ0n) is 20.2. The fraction of sp³-hybridized carbons (Fsp3) is 0.231. The smallest absolute Gasteiger partial charge is 0.337 e. The van der Waals surface area contributed by atoms with E-state index >= 15 is 0 Å². The molecule has 2 aromatic heterocycles. The molecule has 4 aromatic rings. The molecule has 182 valence electrons. The molecule has 0 aliphatic carbocycles. The Morgan fingerprint density at radius 3 is 2.43 bits per heavy atom. The predicted octanol–water partition coefficient (Wildman–Crippen LogP) is 4.90. The van der Waals surface area contributed by atoms with E-state index in [-0.39, 0.29) is 23.8 Å². The number of fused-ring (bicyclic) bond motifs is 1. The lowest BCUT2D eigenvalue weighted by molar-refractivity contribution is -0.115. The van der Waals surface area contributed by atoms with Crippen LogP contribution in [0.4, 0.5) is 5.69 Å². The van der Waals surface area contributed by atoms with Crippen LogP contribution in [0, 0.1) is 0 Å². The van der Waals surface area contributed by atoms with Crippen molar-refractivity contribution in [1.29, 1.82) is 0 Å². The fourth-order valence-corrected chi connectivity index (χ4v) is 3.33. The van der Waals surface area contributed by atoms with Gasteiger partial charge in [0.25, 0.3) is 0 Å². The first-order valence-corrected chi connectivity index (χ1v) is 11.0. The molecule has 35 heavy (non-hydrogen) atoms. The van der Waals surface area contributed by atoms with Crippen LogP contribution in [0.2, 0.25) is 0 Å². The molecule has 0 saturated carbocycles. The monoisotopic (exact) mass is 477 g/mol. The van der Waals surface area contributed by atoms with Gasteiger partial charge in [0.2, 0.25) is 11.8 Å². The number of aromatic nitrogens is 2. The number of amides is 1. The predicted molar refractivity (Wildman–Crippen MR) is 132 cm³/mol. The SMILES string of the molecule is CC.COC(=O)c1cc(NC(=O)Cc2ccc(OC)c(OC)c2)cc(-c2nc3ncccc3o2)c1. The number of hydrogen-bond acceptors (Lipinski definition) is 8. The van der Waals surface area contributed by atoms with Crippen LogP contribution in [0.1, 0.15) is 29.8 Å². The van der Waals surface area contributed by atoms with Crippen molar-refractivity contribution < 1.29 is 28.2 Å². The Bertz CT molecular complexity index is 1300. The third-order valence-electron chi connectivity index (χ3n) is 4.86. The summed E-state index contributed by atoms with van der Waals surface area (Å²) in [7, 11) is 4.36. The number of pyridine rings is 1. The van der Waals surface area contributed by atoms with E-state index < -0.39 is 5.97 Å². The maximum atomic E-state index is 12.7. The van der Waals surface area contributed by atoms with Crippen molar-refractivity contribution in [3.05, 3.63) is 65.9 Å². The lowest BCUT2D eigenvalue weighted by Gasteiger charge is -2.11. The van der Waals surface area contributed by atoms with Gasteiger partial charge in [0.15, 0.2) is 22.7 Å². The van der Waals surface area contributed by atoms with Crippen LogP contribution in [0.3, 0.4) is 0 Å². The number of hydrogen-bond donors (Lipinski definition) is 1. The Balaban J connectivity index is 0.00000167. The molecule has 0 spiro atoms. The molecule has 0 bridgehead atoms. The Labute approximate surface area is 203 Å². The number of esters is 1. The van der Waals surface area contributed by atoms with E-state index in [9.17, 15) is 9.59 Å². The molecule has 1 N–H and O–H groups in total. The number of anilines is 1. The lowest BCUT2D eigenvalue weighted by Crippen LogP contribution is -2.15. The van der Waals surface area contributed by atoms with Crippen LogP contribution in [-0.4, -0.2) is 43.2 Å². The number of ether oxygens (including phenoxy) is 3. The molecule has 2 aromatic carbocycles. The average molecular weight is 478 g/mol. The molecule has 0 saturated heterocycles. The molecule has 4 rings (SSSR count). The molecule has 1 amide bonds. The van der Waals surface area contributed by atoms with Gasteiger partial charge in [-0.1, -0.05) is 19.9 Å². The number of nitrogens with one attached hydrogen (secondary N) is 1. The maximum Gasteiger partial charge on any atom is 0.337 e. The number of methoxy groups -OCH3 is 3. The number of nitrogens with zero attached hydrogens (tertiary/aromatic N) is 2. The number of rotatable bonds is 7. The van der Waals surface area contributed by atoms with Gasteiger partial charge in [0, 0.05) is 17.4 Å². The molecular weight excluding hydrogens is 450 g/mol. The summed E-state index contributed by atoms with van der Waals surface area (Å²) in [6, 6.07) is 13.5.